The van der Waals surface area contributed by atoms with Crippen molar-refractivity contribution in [2.45, 2.75) is 13.8 Å². The molecule has 1 N–H and O–H groups in total. The minimum atomic E-state index is -0.210. The average Bonchev–Trinajstić information content (AvgIpc) is 2.27. The SMILES string of the molecule is CC(=O)N[C](=[Yb])c1ncnc(C(=O)N(C)C)c1C. The number of rotatable bonds is 3. The average molecular weight is 407 g/mol. The second-order valence-corrected chi connectivity index (χ2v) is 4.69. The number of nitrogens with one attached hydrogen (secondary N) is 1. The Balaban J connectivity index is 3.17. The van der Waals surface area contributed by atoms with E-state index >= 15 is 0 Å². The molecule has 0 aliphatic heterocycles. The Labute approximate surface area is 136 Å². The van der Waals surface area contributed by atoms with E-state index in [1.54, 1.807) is 21.0 Å². The molecule has 1 aromatic rings. The van der Waals surface area contributed by atoms with Crippen molar-refractivity contribution in [3.05, 3.63) is 23.3 Å². The van der Waals surface area contributed by atoms with Gasteiger partial charge in [-0.2, -0.15) is 0 Å². The van der Waals surface area contributed by atoms with Crippen molar-refractivity contribution in [2.75, 3.05) is 14.1 Å². The molecular formula is C11H14N4O2Yb. The van der Waals surface area contributed by atoms with Gasteiger partial charge in [-0.15, -0.1) is 0 Å². The van der Waals surface area contributed by atoms with Gasteiger partial charge in [0.05, 0.1) is 0 Å². The van der Waals surface area contributed by atoms with Gasteiger partial charge in [-0.3, -0.25) is 0 Å². The van der Waals surface area contributed by atoms with Gasteiger partial charge < -0.3 is 0 Å². The van der Waals surface area contributed by atoms with Crippen LogP contribution < -0.4 is 5.32 Å². The van der Waals surface area contributed by atoms with Crippen LogP contribution in [0.1, 0.15) is 28.7 Å². The van der Waals surface area contributed by atoms with Crippen LogP contribution in [0, 0.1) is 51.0 Å². The predicted molar refractivity (Wildman–Crippen MR) is 62.7 cm³/mol. The van der Waals surface area contributed by atoms with E-state index in [0.717, 1.165) is 0 Å². The van der Waals surface area contributed by atoms with E-state index in [2.05, 4.69) is 59.4 Å². The van der Waals surface area contributed by atoms with E-state index in [-0.39, 0.29) is 11.8 Å². The van der Waals surface area contributed by atoms with Crippen LogP contribution in [-0.2, 0) is 4.79 Å². The van der Waals surface area contributed by atoms with Crippen molar-refractivity contribution in [2.24, 2.45) is 0 Å². The predicted octanol–water partition coefficient (Wildman–Crippen LogP) is -0.350. The maximum atomic E-state index is 11.9. The number of aromatic nitrogens is 2. The number of nitrogens with zero attached hydrogens (tertiary/aromatic N) is 3. The Bertz CT molecular complexity index is 514. The van der Waals surface area contributed by atoms with Gasteiger partial charge in [0, 0.05) is 0 Å². The molecule has 0 fully saturated rings. The summed E-state index contributed by atoms with van der Waals surface area (Å²) in [5.41, 5.74) is 1.45. The molecule has 18 heavy (non-hydrogen) atoms. The first kappa shape index (κ1) is 15.5. The van der Waals surface area contributed by atoms with Gasteiger partial charge >= 0.3 is 137 Å². The molecule has 0 bridgehead atoms. The van der Waals surface area contributed by atoms with E-state index in [4.69, 9.17) is 0 Å². The number of carbonyl (C=O) groups is 2. The Kier molecular flexibility index (Phi) is 5.62. The molecule has 0 radical (unpaired) electrons. The molecule has 104 valence electrons. The molecule has 1 rings (SSSR count). The Morgan fingerprint density at radius 2 is 1.83 bits per heavy atom. The van der Waals surface area contributed by atoms with Gasteiger partial charge in [-0.25, -0.2) is 0 Å². The van der Waals surface area contributed by atoms with Crippen molar-refractivity contribution < 1.29 is 53.7 Å². The fourth-order valence-corrected chi connectivity index (χ4v) is 2.00. The van der Waals surface area contributed by atoms with Crippen molar-refractivity contribution in [1.29, 1.82) is 0 Å². The van der Waals surface area contributed by atoms with E-state index in [0.29, 0.717) is 17.3 Å². The van der Waals surface area contributed by atoms with E-state index in [1.807, 2.05) is 0 Å². The summed E-state index contributed by atoms with van der Waals surface area (Å²) in [5, 5.41) is 2.60. The van der Waals surface area contributed by atoms with Crippen LogP contribution in [0.15, 0.2) is 6.33 Å². The fourth-order valence-electron chi connectivity index (χ4n) is 1.27. The van der Waals surface area contributed by atoms with Crippen molar-refractivity contribution in [3.8, 4) is 0 Å². The normalized spacial score (nSPS) is 9.89. The van der Waals surface area contributed by atoms with Crippen LogP contribution in [0.2, 0.25) is 0 Å². The van der Waals surface area contributed by atoms with E-state index in [9.17, 15) is 9.59 Å². The monoisotopic (exact) mass is 408 g/mol. The van der Waals surface area contributed by atoms with Crippen molar-refractivity contribution in [1.82, 2.24) is 20.2 Å². The van der Waals surface area contributed by atoms with Crippen LogP contribution in [-0.4, -0.2) is 41.1 Å². The maximum absolute atomic E-state index is 11.9. The number of hydrogen-bond donors (Lipinski definition) is 1. The van der Waals surface area contributed by atoms with Gasteiger partial charge in [0.15, 0.2) is 0 Å². The zero-order valence-electron chi connectivity index (χ0n) is 10.5. The van der Waals surface area contributed by atoms with Gasteiger partial charge in [-0.1, -0.05) is 0 Å². The molecule has 1 heterocycles. The van der Waals surface area contributed by atoms with Crippen LogP contribution in [0.25, 0.3) is 0 Å². The first-order chi connectivity index (χ1) is 8.34. The summed E-state index contributed by atoms with van der Waals surface area (Å²) < 4.78 is 0.468. The molecule has 1 aromatic heterocycles. The quantitative estimate of drug-likeness (QED) is 0.744. The summed E-state index contributed by atoms with van der Waals surface area (Å²) in [6, 6.07) is 0. The molecule has 0 spiro atoms. The molecule has 0 aliphatic carbocycles. The Morgan fingerprint density at radius 1 is 1.28 bits per heavy atom. The second-order valence-electron chi connectivity index (χ2n) is 3.84. The minimum absolute atomic E-state index is 0.204. The summed E-state index contributed by atoms with van der Waals surface area (Å²) in [6.45, 7) is 3.14. The topological polar surface area (TPSA) is 75.2 Å². The molecule has 0 saturated carbocycles. The molecular weight excluding hydrogens is 393 g/mol. The van der Waals surface area contributed by atoms with Crippen LogP contribution >= 0.6 is 0 Å². The van der Waals surface area contributed by atoms with Crippen LogP contribution in [0.5, 0.6) is 0 Å². The summed E-state index contributed by atoms with van der Waals surface area (Å²) in [5.74, 6) is -0.413. The van der Waals surface area contributed by atoms with Gasteiger partial charge in [0.25, 0.3) is 0 Å². The molecule has 0 aromatic carbocycles. The van der Waals surface area contributed by atoms with Crippen molar-refractivity contribution in [3.63, 3.8) is 0 Å². The standard InChI is InChI=1S/C11H14N4O2.Yb/c1-7-9(5-12-8(2)16)13-6-14-10(7)11(17)15(3)4;/h6H,1-4H3,(H,12,16);. The van der Waals surface area contributed by atoms with Crippen LogP contribution in [0.3, 0.4) is 0 Å². The summed E-state index contributed by atoms with van der Waals surface area (Å²) in [4.78, 5) is 32.4. The Morgan fingerprint density at radius 3 is 2.33 bits per heavy atom. The molecule has 0 unspecified atom stereocenters. The van der Waals surface area contributed by atoms with E-state index in [1.165, 1.54) is 18.2 Å². The molecule has 0 aliphatic rings. The number of hydrogen-bond acceptors (Lipinski definition) is 4. The van der Waals surface area contributed by atoms with Crippen LogP contribution in [0.4, 0.5) is 0 Å². The third kappa shape index (κ3) is 3.70. The Hall–Kier alpha value is -0.591. The van der Waals surface area contributed by atoms with Gasteiger partial charge in [-0.05, 0) is 0 Å². The summed E-state index contributed by atoms with van der Waals surface area (Å²) in [7, 11) is 3.30. The molecule has 0 atom stereocenters. The van der Waals surface area contributed by atoms with Gasteiger partial charge in [0.2, 0.25) is 0 Å². The first-order valence-corrected chi connectivity index (χ1v) is 5.98. The summed E-state index contributed by atoms with van der Waals surface area (Å²) >= 11 is 2.84. The molecule has 6 nitrogen and oxygen atoms in total. The van der Waals surface area contributed by atoms with Crippen molar-refractivity contribution >= 4 is 12.2 Å². The molecule has 0 saturated heterocycles. The second kappa shape index (κ2) is 6.54. The summed E-state index contributed by atoms with van der Waals surface area (Å²) in [6.07, 6.45) is 1.30. The number of amides is 2. The van der Waals surface area contributed by atoms with E-state index < -0.39 is 0 Å². The third-order valence-electron chi connectivity index (χ3n) is 2.15. The molecule has 7 heteroatoms. The zero-order chi connectivity index (χ0) is 13.9. The fraction of sp³-hybridized carbons (Fsp3) is 0.364. The first-order valence-electron chi connectivity index (χ1n) is 5.12. The van der Waals surface area contributed by atoms with Gasteiger partial charge in [0.1, 0.15) is 0 Å². The zero-order valence-corrected chi connectivity index (χ0v) is 12.2. The number of carbonyl (C=O) groups excluding carboxylic acids is 2. The third-order valence-corrected chi connectivity index (χ3v) is 2.77. The molecule has 2 amide bonds.